The average Bonchev–Trinajstić information content (AvgIpc) is 3.66. The number of nitrogens with zero attached hydrogens (tertiary/aromatic N) is 7. The number of likely N-dealkylation sites (N-methyl/N-ethyl adjacent to an activating group) is 1. The molecule has 2 aliphatic rings. The Kier molecular flexibility index (Phi) is 8.75. The lowest BCUT2D eigenvalue weighted by Crippen LogP contribution is -2.53. The molecule has 4 aromatic rings. The fourth-order valence-corrected chi connectivity index (χ4v) is 6.40. The number of carbonyl (C=O) groups excluding carboxylic acids is 1. The summed E-state index contributed by atoms with van der Waals surface area (Å²) in [4.78, 5) is 24.1. The van der Waals surface area contributed by atoms with Gasteiger partial charge in [0.25, 0.3) is 5.91 Å². The number of piperazine rings is 1. The number of rotatable bonds is 8. The first-order chi connectivity index (χ1) is 22.1. The minimum absolute atomic E-state index is 0.0892. The van der Waals surface area contributed by atoms with Crippen molar-refractivity contribution < 1.29 is 13.9 Å². The van der Waals surface area contributed by atoms with Gasteiger partial charge in [-0.2, -0.15) is 10.4 Å². The third kappa shape index (κ3) is 6.45. The number of amides is 1. The predicted molar refractivity (Wildman–Crippen MR) is 175 cm³/mol. The smallest absolute Gasteiger partial charge is 0.264 e. The number of hydrogen-bond donors (Lipinski definition) is 1. The highest BCUT2D eigenvalue weighted by Crippen LogP contribution is 2.35. The minimum Gasteiger partial charge on any atom is -0.457 e. The Morgan fingerprint density at radius 2 is 1.87 bits per heavy atom. The minimum atomic E-state index is -0.490. The van der Waals surface area contributed by atoms with Crippen LogP contribution < -0.4 is 10.5 Å². The first kappa shape index (κ1) is 31.2. The zero-order chi connectivity index (χ0) is 32.4. The molecule has 2 aliphatic heterocycles. The van der Waals surface area contributed by atoms with Crippen molar-refractivity contribution in [3.63, 3.8) is 0 Å². The molecule has 2 aromatic heterocycles. The molecular weight excluding hydrogens is 583 g/mol. The zero-order valence-corrected chi connectivity index (χ0v) is 26.5. The molecule has 2 saturated heterocycles. The number of likely N-dealkylation sites (tertiary alicyclic amines) is 1. The van der Waals surface area contributed by atoms with Crippen molar-refractivity contribution in [2.24, 2.45) is 5.92 Å². The van der Waals surface area contributed by atoms with Crippen LogP contribution in [0.25, 0.3) is 22.2 Å². The van der Waals surface area contributed by atoms with E-state index in [0.717, 1.165) is 38.1 Å². The maximum atomic E-state index is 15.5. The summed E-state index contributed by atoms with van der Waals surface area (Å²) in [7, 11) is 2.10. The highest BCUT2D eigenvalue weighted by Gasteiger charge is 2.33. The van der Waals surface area contributed by atoms with E-state index >= 15 is 4.39 Å². The number of anilines is 1. The van der Waals surface area contributed by atoms with E-state index in [9.17, 15) is 10.1 Å². The third-order valence-electron chi connectivity index (χ3n) is 9.04. The number of hydrogen-bond acceptors (Lipinski definition) is 8. The second-order valence-corrected chi connectivity index (χ2v) is 12.7. The molecule has 1 unspecified atom stereocenters. The van der Waals surface area contributed by atoms with Crippen LogP contribution in [-0.2, 0) is 11.3 Å². The van der Waals surface area contributed by atoms with E-state index in [1.807, 2.05) is 35.0 Å². The first-order valence-electron chi connectivity index (χ1n) is 15.6. The molecule has 238 valence electrons. The van der Waals surface area contributed by atoms with Crippen molar-refractivity contribution >= 4 is 22.6 Å². The lowest BCUT2D eigenvalue weighted by molar-refractivity contribution is -0.125. The van der Waals surface area contributed by atoms with Gasteiger partial charge < -0.3 is 20.3 Å². The largest absolute Gasteiger partial charge is 0.457 e. The highest BCUT2D eigenvalue weighted by atomic mass is 19.1. The summed E-state index contributed by atoms with van der Waals surface area (Å²) in [5.41, 5.74) is 7.50. The molecule has 6 rings (SSSR count). The average molecular weight is 623 g/mol. The van der Waals surface area contributed by atoms with Crippen molar-refractivity contribution in [2.45, 2.75) is 32.4 Å². The van der Waals surface area contributed by atoms with Crippen LogP contribution in [0.1, 0.15) is 20.3 Å². The Bertz CT molecular complexity index is 1800. The van der Waals surface area contributed by atoms with Crippen LogP contribution in [0.4, 0.5) is 10.2 Å². The molecule has 1 atom stereocenters. The Balaban J connectivity index is 1.19. The quantitative estimate of drug-likeness (QED) is 0.217. The number of pyridine rings is 1. The van der Waals surface area contributed by atoms with Gasteiger partial charge in [0.2, 0.25) is 0 Å². The summed E-state index contributed by atoms with van der Waals surface area (Å²) in [6.45, 7) is 9.32. The van der Waals surface area contributed by atoms with Crippen molar-refractivity contribution in [3.8, 4) is 28.8 Å². The van der Waals surface area contributed by atoms with Crippen LogP contribution in [-0.4, -0.2) is 87.2 Å². The standard InChI is InChI=1S/C35H39FN8O2/c1-35(2,43-17-15-41(3)16-18-43)20-25(21-37)34(45)42-14-12-24(22-42)23-44-30-11-13-39-33(38)31(30)32(40-44)28-10-9-27(19-29(28)36)46-26-7-5-4-6-8-26/h4-11,13,19-20,24H,12,14-18,22-23H2,1-3H3,(H2,38,39)/b25-20-. The Morgan fingerprint density at radius 1 is 1.11 bits per heavy atom. The number of ether oxygens (including phenoxy) is 1. The zero-order valence-electron chi connectivity index (χ0n) is 26.5. The molecule has 4 heterocycles. The molecule has 0 radical (unpaired) electrons. The number of aromatic nitrogens is 3. The summed E-state index contributed by atoms with van der Waals surface area (Å²) in [6.07, 6.45) is 4.19. The highest BCUT2D eigenvalue weighted by molar-refractivity contribution is 6.00. The maximum absolute atomic E-state index is 15.5. The lowest BCUT2D eigenvalue weighted by atomic mass is 9.97. The molecule has 1 amide bonds. The topological polar surface area (TPSA) is 117 Å². The predicted octanol–water partition coefficient (Wildman–Crippen LogP) is 4.94. The van der Waals surface area contributed by atoms with Crippen LogP contribution in [0, 0.1) is 23.1 Å². The number of halogens is 1. The lowest BCUT2D eigenvalue weighted by Gasteiger charge is -2.41. The molecule has 2 fully saturated rings. The monoisotopic (exact) mass is 622 g/mol. The van der Waals surface area contributed by atoms with Gasteiger partial charge >= 0.3 is 0 Å². The van der Waals surface area contributed by atoms with Gasteiger partial charge in [-0.3, -0.25) is 14.4 Å². The molecule has 0 bridgehead atoms. The van der Waals surface area contributed by atoms with Crippen LogP contribution in [0.3, 0.4) is 0 Å². The summed E-state index contributed by atoms with van der Waals surface area (Å²) in [6, 6.07) is 17.9. The molecule has 0 spiro atoms. The van der Waals surface area contributed by atoms with Crippen LogP contribution in [0.5, 0.6) is 11.5 Å². The van der Waals surface area contributed by atoms with Crippen LogP contribution in [0.2, 0.25) is 0 Å². The number of para-hydroxylation sites is 1. The van der Waals surface area contributed by atoms with Crippen molar-refractivity contribution in [1.29, 1.82) is 5.26 Å². The van der Waals surface area contributed by atoms with Crippen LogP contribution in [0.15, 0.2) is 72.4 Å². The van der Waals surface area contributed by atoms with E-state index < -0.39 is 11.4 Å². The molecule has 46 heavy (non-hydrogen) atoms. The van der Waals surface area contributed by atoms with Crippen LogP contribution >= 0.6 is 0 Å². The summed E-state index contributed by atoms with van der Waals surface area (Å²) in [5.74, 6) is 0.598. The summed E-state index contributed by atoms with van der Waals surface area (Å²) < 4.78 is 23.2. The van der Waals surface area contributed by atoms with E-state index in [1.165, 1.54) is 6.07 Å². The van der Waals surface area contributed by atoms with E-state index in [0.29, 0.717) is 47.8 Å². The number of fused-ring (bicyclic) bond motifs is 1. The molecular formula is C35H39FN8O2. The van der Waals surface area contributed by atoms with Gasteiger partial charge in [-0.25, -0.2) is 9.37 Å². The van der Waals surface area contributed by atoms with E-state index in [2.05, 4.69) is 41.7 Å². The van der Waals surface area contributed by atoms with Crippen molar-refractivity contribution in [1.82, 2.24) is 29.5 Å². The number of nitrogen functional groups attached to an aromatic ring is 1. The first-order valence-corrected chi connectivity index (χ1v) is 15.6. The second-order valence-electron chi connectivity index (χ2n) is 12.7. The third-order valence-corrected chi connectivity index (χ3v) is 9.04. The van der Waals surface area contributed by atoms with Gasteiger partial charge in [0.05, 0.1) is 10.9 Å². The summed E-state index contributed by atoms with van der Waals surface area (Å²) in [5, 5.41) is 15.4. The Hall–Kier alpha value is -4.79. The number of benzene rings is 2. The molecule has 11 heteroatoms. The number of nitriles is 1. The number of carbonyl (C=O) groups is 1. The Morgan fingerprint density at radius 3 is 2.59 bits per heavy atom. The molecule has 2 aromatic carbocycles. The summed E-state index contributed by atoms with van der Waals surface area (Å²) >= 11 is 0. The molecule has 0 aliphatic carbocycles. The van der Waals surface area contributed by atoms with Gasteiger partial charge in [0.15, 0.2) is 0 Å². The molecule has 10 nitrogen and oxygen atoms in total. The second kappa shape index (κ2) is 12.9. The van der Waals surface area contributed by atoms with Crippen molar-refractivity contribution in [2.75, 3.05) is 52.0 Å². The van der Waals surface area contributed by atoms with Gasteiger partial charge in [-0.15, -0.1) is 0 Å². The van der Waals surface area contributed by atoms with Crippen molar-refractivity contribution in [3.05, 3.63) is 78.3 Å². The van der Waals surface area contributed by atoms with E-state index in [-0.39, 0.29) is 23.2 Å². The van der Waals surface area contributed by atoms with E-state index in [1.54, 1.807) is 35.4 Å². The SMILES string of the molecule is CN1CCN(C(C)(C)/C=C(/C#N)C(=O)N2CCC(Cn3nc(-c4ccc(Oc5ccccc5)cc4F)c4c(N)nccc43)C2)CC1. The van der Waals surface area contributed by atoms with Gasteiger partial charge in [0.1, 0.15) is 40.5 Å². The maximum Gasteiger partial charge on any atom is 0.264 e. The fraction of sp³-hybridized carbons (Fsp3) is 0.371. The van der Waals surface area contributed by atoms with E-state index in [4.69, 9.17) is 15.6 Å². The van der Waals surface area contributed by atoms with Gasteiger partial charge in [0, 0.05) is 69.2 Å². The number of nitrogens with two attached hydrogens (primary N) is 1. The fourth-order valence-electron chi connectivity index (χ4n) is 6.40. The Labute approximate surface area is 268 Å². The normalized spacial score (nSPS) is 18.2. The van der Waals surface area contributed by atoms with Gasteiger partial charge in [-0.05, 0) is 69.6 Å². The van der Waals surface area contributed by atoms with Gasteiger partial charge in [-0.1, -0.05) is 18.2 Å². The molecule has 2 N–H and O–H groups in total. The molecule has 0 saturated carbocycles.